The van der Waals surface area contributed by atoms with Crippen LogP contribution >= 0.6 is 0 Å². The molecule has 4 rings (SSSR count). The van der Waals surface area contributed by atoms with Crippen molar-refractivity contribution < 1.29 is 4.79 Å². The standard InChI is InChI=1S/C18H25N5O/c24-17(10-13-2-1-6-20-11-13)23-9-5-16-15(12-23)18(22-21-16)14-3-7-19-8-4-14/h3-4,7-8,13,15-16,20-21H,1-2,5-6,9-12H2/t13?,15-,16?/m1/s1. The average molecular weight is 327 g/mol. The normalized spacial score (nSPS) is 29.6. The first-order chi connectivity index (χ1) is 11.8. The van der Waals surface area contributed by atoms with Crippen LogP contribution in [0.3, 0.4) is 0 Å². The highest BCUT2D eigenvalue weighted by atomic mass is 16.2. The largest absolute Gasteiger partial charge is 0.342 e. The number of hydrogen-bond acceptors (Lipinski definition) is 5. The fourth-order valence-corrected chi connectivity index (χ4v) is 4.12. The van der Waals surface area contributed by atoms with Crippen molar-refractivity contribution in [2.75, 3.05) is 26.2 Å². The molecule has 3 atom stereocenters. The van der Waals surface area contributed by atoms with Gasteiger partial charge in [-0.05, 0) is 50.4 Å². The lowest BCUT2D eigenvalue weighted by atomic mass is 9.86. The highest BCUT2D eigenvalue weighted by molar-refractivity contribution is 6.03. The maximum Gasteiger partial charge on any atom is 0.222 e. The topological polar surface area (TPSA) is 69.6 Å². The van der Waals surface area contributed by atoms with E-state index in [0.29, 0.717) is 24.3 Å². The van der Waals surface area contributed by atoms with Gasteiger partial charge in [0.2, 0.25) is 5.91 Å². The van der Waals surface area contributed by atoms with Gasteiger partial charge < -0.3 is 15.6 Å². The second-order valence-electron chi connectivity index (χ2n) is 7.12. The Morgan fingerprint density at radius 3 is 2.96 bits per heavy atom. The number of carbonyl (C=O) groups excluding carboxylic acids is 1. The van der Waals surface area contributed by atoms with Gasteiger partial charge in [0.05, 0.1) is 11.8 Å². The minimum Gasteiger partial charge on any atom is -0.342 e. The van der Waals surface area contributed by atoms with E-state index < -0.39 is 0 Å². The van der Waals surface area contributed by atoms with Crippen molar-refractivity contribution in [3.05, 3.63) is 30.1 Å². The molecule has 0 bridgehead atoms. The predicted molar refractivity (Wildman–Crippen MR) is 92.6 cm³/mol. The lowest BCUT2D eigenvalue weighted by Gasteiger charge is -2.36. The molecule has 128 valence electrons. The van der Waals surface area contributed by atoms with Gasteiger partial charge in [-0.2, -0.15) is 5.10 Å². The zero-order chi connectivity index (χ0) is 16.4. The molecule has 0 aromatic carbocycles. The molecular formula is C18H25N5O. The molecule has 0 spiro atoms. The first-order valence-corrected chi connectivity index (χ1v) is 9.03. The number of hydrazone groups is 1. The molecule has 6 nitrogen and oxygen atoms in total. The van der Waals surface area contributed by atoms with Gasteiger partial charge in [-0.1, -0.05) is 0 Å². The molecule has 4 heterocycles. The predicted octanol–water partition coefficient (Wildman–Crippen LogP) is 0.996. The van der Waals surface area contributed by atoms with E-state index >= 15 is 0 Å². The van der Waals surface area contributed by atoms with Crippen LogP contribution in [0.1, 0.15) is 31.2 Å². The minimum absolute atomic E-state index is 0.287. The maximum atomic E-state index is 12.7. The smallest absolute Gasteiger partial charge is 0.222 e. The summed E-state index contributed by atoms with van der Waals surface area (Å²) >= 11 is 0. The molecule has 3 aliphatic heterocycles. The molecule has 0 radical (unpaired) electrons. The molecule has 2 N–H and O–H groups in total. The van der Waals surface area contributed by atoms with Crippen molar-refractivity contribution >= 4 is 11.6 Å². The summed E-state index contributed by atoms with van der Waals surface area (Å²) in [7, 11) is 0. The second-order valence-corrected chi connectivity index (χ2v) is 7.12. The molecule has 1 amide bonds. The Kier molecular flexibility index (Phi) is 4.47. The molecule has 24 heavy (non-hydrogen) atoms. The molecule has 1 aromatic heterocycles. The summed E-state index contributed by atoms with van der Waals surface area (Å²) in [6.07, 6.45) is 7.60. The first kappa shape index (κ1) is 15.6. The van der Waals surface area contributed by atoms with Gasteiger partial charge in [0.15, 0.2) is 0 Å². The third-order valence-corrected chi connectivity index (χ3v) is 5.51. The van der Waals surface area contributed by atoms with Crippen molar-refractivity contribution in [2.45, 2.75) is 31.7 Å². The second kappa shape index (κ2) is 6.89. The SMILES string of the molecule is O=C(CC1CCCNC1)N1CCC2NN=C(c3ccncc3)[C@@H]2C1. The van der Waals surface area contributed by atoms with Crippen molar-refractivity contribution in [2.24, 2.45) is 16.9 Å². The van der Waals surface area contributed by atoms with Crippen molar-refractivity contribution in [1.82, 2.24) is 20.6 Å². The summed E-state index contributed by atoms with van der Waals surface area (Å²) in [5.41, 5.74) is 5.44. The lowest BCUT2D eigenvalue weighted by Crippen LogP contribution is -2.50. The van der Waals surface area contributed by atoms with Crippen LogP contribution in [-0.4, -0.2) is 53.7 Å². The average Bonchev–Trinajstić information content (AvgIpc) is 3.06. The zero-order valence-corrected chi connectivity index (χ0v) is 13.9. The Bertz CT molecular complexity index is 611. The molecule has 2 unspecified atom stereocenters. The number of pyridine rings is 1. The van der Waals surface area contributed by atoms with E-state index in [0.717, 1.165) is 43.9 Å². The molecule has 3 aliphatic rings. The fraction of sp³-hybridized carbons (Fsp3) is 0.611. The maximum absolute atomic E-state index is 12.7. The van der Waals surface area contributed by atoms with Gasteiger partial charge in [0.25, 0.3) is 0 Å². The number of rotatable bonds is 3. The van der Waals surface area contributed by atoms with Crippen molar-refractivity contribution in [3.63, 3.8) is 0 Å². The van der Waals surface area contributed by atoms with Crippen molar-refractivity contribution in [1.29, 1.82) is 0 Å². The number of carbonyl (C=O) groups is 1. The van der Waals surface area contributed by atoms with Crippen LogP contribution in [0, 0.1) is 11.8 Å². The van der Waals surface area contributed by atoms with E-state index in [9.17, 15) is 4.79 Å². The Morgan fingerprint density at radius 1 is 1.29 bits per heavy atom. The van der Waals surface area contributed by atoms with Crippen LogP contribution in [0.5, 0.6) is 0 Å². The van der Waals surface area contributed by atoms with Gasteiger partial charge in [-0.25, -0.2) is 0 Å². The monoisotopic (exact) mass is 327 g/mol. The Morgan fingerprint density at radius 2 is 2.17 bits per heavy atom. The number of nitrogens with zero attached hydrogens (tertiary/aromatic N) is 3. The third kappa shape index (κ3) is 3.15. The molecule has 2 saturated heterocycles. The number of piperidine rings is 2. The summed E-state index contributed by atoms with van der Waals surface area (Å²) in [5, 5.41) is 7.95. The molecular weight excluding hydrogens is 302 g/mol. The summed E-state index contributed by atoms with van der Waals surface area (Å²) in [6.45, 7) is 3.69. The molecule has 2 fully saturated rings. The quantitative estimate of drug-likeness (QED) is 0.869. The highest BCUT2D eigenvalue weighted by Gasteiger charge is 2.38. The number of aromatic nitrogens is 1. The summed E-state index contributed by atoms with van der Waals surface area (Å²) < 4.78 is 0. The van der Waals surface area contributed by atoms with Gasteiger partial charge in [-0.3, -0.25) is 9.78 Å². The van der Waals surface area contributed by atoms with E-state index in [1.807, 2.05) is 12.1 Å². The third-order valence-electron chi connectivity index (χ3n) is 5.51. The van der Waals surface area contributed by atoms with Crippen LogP contribution in [-0.2, 0) is 4.79 Å². The van der Waals surface area contributed by atoms with Crippen LogP contribution in [0.25, 0.3) is 0 Å². The Labute approximate surface area is 142 Å². The Balaban J connectivity index is 1.41. The van der Waals surface area contributed by atoms with Crippen LogP contribution in [0.4, 0.5) is 0 Å². The van der Waals surface area contributed by atoms with E-state index in [4.69, 9.17) is 0 Å². The highest BCUT2D eigenvalue weighted by Crippen LogP contribution is 2.27. The minimum atomic E-state index is 0.287. The number of amides is 1. The number of nitrogens with one attached hydrogen (secondary N) is 2. The molecule has 0 saturated carbocycles. The molecule has 1 aromatic rings. The van der Waals surface area contributed by atoms with Crippen LogP contribution in [0.2, 0.25) is 0 Å². The van der Waals surface area contributed by atoms with E-state index in [2.05, 4.69) is 25.7 Å². The van der Waals surface area contributed by atoms with Gasteiger partial charge in [0, 0.05) is 43.4 Å². The number of hydrogen-bond donors (Lipinski definition) is 2. The first-order valence-electron chi connectivity index (χ1n) is 9.03. The van der Waals surface area contributed by atoms with E-state index in [1.165, 1.54) is 12.8 Å². The number of likely N-dealkylation sites (tertiary alicyclic amines) is 1. The fourth-order valence-electron chi connectivity index (χ4n) is 4.12. The lowest BCUT2D eigenvalue weighted by molar-refractivity contribution is -0.133. The number of fused-ring (bicyclic) bond motifs is 1. The molecule has 0 aliphatic carbocycles. The summed E-state index contributed by atoms with van der Waals surface area (Å²) in [6, 6.07) is 4.35. The van der Waals surface area contributed by atoms with E-state index in [-0.39, 0.29) is 5.92 Å². The summed E-state index contributed by atoms with van der Waals surface area (Å²) in [4.78, 5) is 18.9. The molecule has 6 heteroatoms. The van der Waals surface area contributed by atoms with Crippen LogP contribution in [0.15, 0.2) is 29.6 Å². The Hall–Kier alpha value is -1.95. The van der Waals surface area contributed by atoms with Crippen molar-refractivity contribution in [3.8, 4) is 0 Å². The zero-order valence-electron chi connectivity index (χ0n) is 13.9. The van der Waals surface area contributed by atoms with Gasteiger partial charge in [0.1, 0.15) is 0 Å². The van der Waals surface area contributed by atoms with Crippen LogP contribution < -0.4 is 10.7 Å². The summed E-state index contributed by atoms with van der Waals surface area (Å²) in [5.74, 6) is 1.09. The van der Waals surface area contributed by atoms with Gasteiger partial charge >= 0.3 is 0 Å². The van der Waals surface area contributed by atoms with Gasteiger partial charge in [-0.15, -0.1) is 0 Å². The van der Waals surface area contributed by atoms with E-state index in [1.54, 1.807) is 12.4 Å².